The van der Waals surface area contributed by atoms with Crippen LogP contribution in [0.25, 0.3) is 6.08 Å². The third-order valence-corrected chi connectivity index (χ3v) is 6.37. The highest BCUT2D eigenvalue weighted by Crippen LogP contribution is 2.42. The lowest BCUT2D eigenvalue weighted by Crippen LogP contribution is -2.46. The number of aromatic nitrogens is 1. The van der Waals surface area contributed by atoms with Gasteiger partial charge in [-0.15, -0.1) is 0 Å². The van der Waals surface area contributed by atoms with Crippen LogP contribution in [-0.2, 0) is 6.54 Å². The zero-order chi connectivity index (χ0) is 23.7. The molecule has 0 aliphatic carbocycles. The average molecular weight is 458 g/mol. The molecule has 174 valence electrons. The van der Waals surface area contributed by atoms with E-state index in [-0.39, 0.29) is 17.3 Å². The Bertz CT molecular complexity index is 1250. The summed E-state index contributed by atoms with van der Waals surface area (Å²) in [5.74, 6) is 2.29. The molecule has 7 nitrogen and oxygen atoms in total. The fourth-order valence-electron chi connectivity index (χ4n) is 4.56. The van der Waals surface area contributed by atoms with Crippen LogP contribution in [0.15, 0.2) is 60.5 Å². The number of pyridine rings is 1. The van der Waals surface area contributed by atoms with E-state index in [2.05, 4.69) is 14.8 Å². The molecule has 0 saturated carbocycles. The molecule has 1 aromatic heterocycles. The summed E-state index contributed by atoms with van der Waals surface area (Å²) in [6.45, 7) is 5.63. The van der Waals surface area contributed by atoms with Gasteiger partial charge in [0, 0.05) is 44.5 Å². The standard InChI is InChI=1S/C27H27N3O4/c1-18-15-21(31)20(17-29-11-13-30(14-12-29)24-9-5-6-10-28-24)27-25(18)26(32)23(34-27)16-19-7-3-4-8-22(19)33-2/h3-10,15-16,31H,11-14,17H2,1-2H3/b23-16-. The molecule has 1 saturated heterocycles. The number of phenols is 1. The molecule has 1 fully saturated rings. The summed E-state index contributed by atoms with van der Waals surface area (Å²) in [5.41, 5.74) is 2.62. The third-order valence-electron chi connectivity index (χ3n) is 6.37. The fourth-order valence-corrected chi connectivity index (χ4v) is 4.56. The molecule has 2 aliphatic heterocycles. The molecule has 2 aromatic carbocycles. The summed E-state index contributed by atoms with van der Waals surface area (Å²) < 4.78 is 11.5. The van der Waals surface area contributed by atoms with Crippen LogP contribution in [0, 0.1) is 6.92 Å². The Balaban J connectivity index is 1.38. The molecular weight excluding hydrogens is 430 g/mol. The highest BCUT2D eigenvalue weighted by Gasteiger charge is 2.34. The summed E-state index contributed by atoms with van der Waals surface area (Å²) in [6.07, 6.45) is 3.51. The van der Waals surface area contributed by atoms with Crippen molar-refractivity contribution >= 4 is 17.7 Å². The molecule has 2 aliphatic rings. The fraction of sp³-hybridized carbons (Fsp3) is 0.259. The van der Waals surface area contributed by atoms with Gasteiger partial charge < -0.3 is 19.5 Å². The molecule has 1 N–H and O–H groups in total. The number of nitrogens with zero attached hydrogens (tertiary/aromatic N) is 3. The number of piperazine rings is 1. The van der Waals surface area contributed by atoms with Gasteiger partial charge in [0.25, 0.3) is 0 Å². The van der Waals surface area contributed by atoms with Gasteiger partial charge in [0.05, 0.1) is 18.2 Å². The largest absolute Gasteiger partial charge is 0.507 e. The van der Waals surface area contributed by atoms with Gasteiger partial charge in [-0.25, -0.2) is 4.98 Å². The number of fused-ring (bicyclic) bond motifs is 1. The predicted octanol–water partition coefficient (Wildman–Crippen LogP) is 4.04. The van der Waals surface area contributed by atoms with E-state index in [4.69, 9.17) is 9.47 Å². The van der Waals surface area contributed by atoms with Crippen molar-refractivity contribution in [1.29, 1.82) is 0 Å². The van der Waals surface area contributed by atoms with Crippen molar-refractivity contribution in [3.05, 3.63) is 82.7 Å². The maximum absolute atomic E-state index is 13.2. The van der Waals surface area contributed by atoms with Crippen LogP contribution in [0.4, 0.5) is 5.82 Å². The maximum atomic E-state index is 13.2. The zero-order valence-corrected chi connectivity index (χ0v) is 19.3. The number of benzene rings is 2. The normalized spacial score (nSPS) is 17.1. The first kappa shape index (κ1) is 22.0. The molecule has 0 bridgehead atoms. The lowest BCUT2D eigenvalue weighted by molar-refractivity contribution is 0.101. The second-order valence-electron chi connectivity index (χ2n) is 8.53. The monoisotopic (exact) mass is 457 g/mol. The van der Waals surface area contributed by atoms with E-state index in [1.54, 1.807) is 25.4 Å². The number of anilines is 1. The number of carbonyl (C=O) groups is 1. The molecule has 0 amide bonds. The molecule has 0 unspecified atom stereocenters. The minimum atomic E-state index is -0.181. The number of ether oxygens (including phenoxy) is 2. The Kier molecular flexibility index (Phi) is 5.94. The zero-order valence-electron chi connectivity index (χ0n) is 19.3. The minimum absolute atomic E-state index is 0.148. The third kappa shape index (κ3) is 4.10. The van der Waals surface area contributed by atoms with Crippen LogP contribution in [0.3, 0.4) is 0 Å². The Labute approximate surface area is 198 Å². The summed E-state index contributed by atoms with van der Waals surface area (Å²) in [7, 11) is 1.59. The van der Waals surface area contributed by atoms with E-state index in [0.717, 1.165) is 37.6 Å². The van der Waals surface area contributed by atoms with E-state index in [0.29, 0.717) is 34.7 Å². The summed E-state index contributed by atoms with van der Waals surface area (Å²) in [6, 6.07) is 15.1. The van der Waals surface area contributed by atoms with Gasteiger partial charge in [0.15, 0.2) is 5.76 Å². The van der Waals surface area contributed by atoms with E-state index in [9.17, 15) is 9.90 Å². The first-order valence-electron chi connectivity index (χ1n) is 11.4. The van der Waals surface area contributed by atoms with E-state index < -0.39 is 0 Å². The summed E-state index contributed by atoms with van der Waals surface area (Å²) >= 11 is 0. The Hall–Kier alpha value is -3.84. The first-order chi connectivity index (χ1) is 16.5. The van der Waals surface area contributed by atoms with Gasteiger partial charge in [-0.1, -0.05) is 24.3 Å². The number of hydrogen-bond donors (Lipinski definition) is 1. The second kappa shape index (κ2) is 9.19. The summed E-state index contributed by atoms with van der Waals surface area (Å²) in [4.78, 5) is 22.2. The van der Waals surface area contributed by atoms with Crippen molar-refractivity contribution in [2.45, 2.75) is 13.5 Å². The molecular formula is C27H27N3O4. The molecule has 0 spiro atoms. The van der Waals surface area contributed by atoms with Crippen molar-refractivity contribution in [2.75, 3.05) is 38.2 Å². The summed E-state index contributed by atoms with van der Waals surface area (Å²) in [5, 5.41) is 10.8. The van der Waals surface area contributed by atoms with E-state index >= 15 is 0 Å². The number of allylic oxidation sites excluding steroid dienone is 1. The van der Waals surface area contributed by atoms with Gasteiger partial charge in [-0.3, -0.25) is 9.69 Å². The van der Waals surface area contributed by atoms with Crippen LogP contribution < -0.4 is 14.4 Å². The van der Waals surface area contributed by atoms with Crippen LogP contribution >= 0.6 is 0 Å². The SMILES string of the molecule is COc1ccccc1/C=C1\Oc2c(CN3CCN(c4ccccn4)CC3)c(O)cc(C)c2C1=O. The van der Waals surface area contributed by atoms with Crippen LogP contribution in [0.2, 0.25) is 0 Å². The topological polar surface area (TPSA) is 75.1 Å². The average Bonchev–Trinajstić information content (AvgIpc) is 3.19. The number of aromatic hydroxyl groups is 1. The molecule has 0 atom stereocenters. The number of rotatable bonds is 5. The van der Waals surface area contributed by atoms with Crippen LogP contribution in [0.5, 0.6) is 17.2 Å². The number of Topliss-reactive ketones (excluding diaryl/α,β-unsaturated/α-hetero) is 1. The number of para-hydroxylation sites is 1. The van der Waals surface area contributed by atoms with Crippen molar-refractivity contribution < 1.29 is 19.4 Å². The van der Waals surface area contributed by atoms with Crippen molar-refractivity contribution in [2.24, 2.45) is 0 Å². The smallest absolute Gasteiger partial charge is 0.232 e. The maximum Gasteiger partial charge on any atom is 0.232 e. The minimum Gasteiger partial charge on any atom is -0.507 e. The highest BCUT2D eigenvalue weighted by molar-refractivity contribution is 6.16. The van der Waals surface area contributed by atoms with Crippen LogP contribution in [0.1, 0.15) is 27.0 Å². The van der Waals surface area contributed by atoms with Gasteiger partial charge >= 0.3 is 0 Å². The lowest BCUT2D eigenvalue weighted by atomic mass is 9.99. The Morgan fingerprint density at radius 2 is 1.88 bits per heavy atom. The molecule has 3 heterocycles. The highest BCUT2D eigenvalue weighted by atomic mass is 16.5. The predicted molar refractivity (Wildman–Crippen MR) is 131 cm³/mol. The van der Waals surface area contributed by atoms with Crippen molar-refractivity contribution in [3.63, 3.8) is 0 Å². The first-order valence-corrected chi connectivity index (χ1v) is 11.4. The molecule has 7 heteroatoms. The van der Waals surface area contributed by atoms with E-state index in [1.165, 1.54) is 0 Å². The molecule has 0 radical (unpaired) electrons. The number of aryl methyl sites for hydroxylation is 1. The molecule has 5 rings (SSSR count). The van der Waals surface area contributed by atoms with Gasteiger partial charge in [-0.2, -0.15) is 0 Å². The number of methoxy groups -OCH3 is 1. The quantitative estimate of drug-likeness (QED) is 0.580. The van der Waals surface area contributed by atoms with Gasteiger partial charge in [0.1, 0.15) is 23.1 Å². The van der Waals surface area contributed by atoms with Crippen LogP contribution in [-0.4, -0.2) is 54.1 Å². The lowest BCUT2D eigenvalue weighted by Gasteiger charge is -2.35. The van der Waals surface area contributed by atoms with Gasteiger partial charge in [-0.05, 0) is 42.8 Å². The molecule has 3 aromatic rings. The number of carbonyl (C=O) groups excluding carboxylic acids is 1. The van der Waals surface area contributed by atoms with Crippen molar-refractivity contribution in [3.8, 4) is 17.2 Å². The van der Waals surface area contributed by atoms with E-state index in [1.807, 2.05) is 49.4 Å². The van der Waals surface area contributed by atoms with Gasteiger partial charge in [0.2, 0.25) is 5.78 Å². The Morgan fingerprint density at radius 1 is 1.12 bits per heavy atom. The number of phenolic OH excluding ortho intramolecular Hbond substituents is 1. The number of hydrogen-bond acceptors (Lipinski definition) is 7. The number of ketones is 1. The Morgan fingerprint density at radius 3 is 2.62 bits per heavy atom. The second-order valence-corrected chi connectivity index (χ2v) is 8.53. The van der Waals surface area contributed by atoms with Crippen molar-refractivity contribution in [1.82, 2.24) is 9.88 Å². The molecule has 34 heavy (non-hydrogen) atoms.